The summed E-state index contributed by atoms with van der Waals surface area (Å²) < 4.78 is 19.7. The Morgan fingerprint density at radius 1 is 1.47 bits per heavy atom. The van der Waals surface area contributed by atoms with E-state index in [0.717, 1.165) is 15.1 Å². The maximum atomic E-state index is 13.7. The standard InChI is InChI=1S/C13H14BrFN2OS/c1-18-10-6-13(19-7-10)12(17-16)5-8-4-9(14)2-3-11(8)15/h2-4,6-7,12,17H,5,16H2,1H3. The molecule has 0 radical (unpaired) electrons. The normalized spacial score (nSPS) is 12.4. The van der Waals surface area contributed by atoms with E-state index in [9.17, 15) is 4.39 Å². The summed E-state index contributed by atoms with van der Waals surface area (Å²) >= 11 is 4.88. The third-order valence-electron chi connectivity index (χ3n) is 2.81. The number of hydrazine groups is 1. The third-order valence-corrected chi connectivity index (χ3v) is 4.33. The monoisotopic (exact) mass is 344 g/mol. The number of methoxy groups -OCH3 is 1. The summed E-state index contributed by atoms with van der Waals surface area (Å²) in [5.74, 6) is 6.13. The van der Waals surface area contributed by atoms with Crippen LogP contribution in [0.4, 0.5) is 4.39 Å². The molecule has 3 N–H and O–H groups in total. The average molecular weight is 345 g/mol. The maximum absolute atomic E-state index is 13.7. The SMILES string of the molecule is COc1csc(C(Cc2cc(Br)ccc2F)NN)c1. The number of halogens is 2. The smallest absolute Gasteiger partial charge is 0.129 e. The van der Waals surface area contributed by atoms with Crippen molar-refractivity contribution in [3.63, 3.8) is 0 Å². The number of hydrogen-bond acceptors (Lipinski definition) is 4. The van der Waals surface area contributed by atoms with Crippen molar-refractivity contribution >= 4 is 27.3 Å². The van der Waals surface area contributed by atoms with Gasteiger partial charge in [0.05, 0.1) is 13.2 Å². The van der Waals surface area contributed by atoms with Crippen LogP contribution in [0.3, 0.4) is 0 Å². The van der Waals surface area contributed by atoms with Crippen LogP contribution in [0.5, 0.6) is 5.75 Å². The van der Waals surface area contributed by atoms with Gasteiger partial charge in [0, 0.05) is 14.7 Å². The summed E-state index contributed by atoms with van der Waals surface area (Å²) in [6.07, 6.45) is 0.478. The summed E-state index contributed by atoms with van der Waals surface area (Å²) in [5.41, 5.74) is 3.34. The molecule has 0 aliphatic rings. The number of nitrogens with one attached hydrogen (secondary N) is 1. The van der Waals surface area contributed by atoms with Gasteiger partial charge in [0.1, 0.15) is 11.6 Å². The molecule has 0 fully saturated rings. The Morgan fingerprint density at radius 2 is 2.26 bits per heavy atom. The molecule has 0 amide bonds. The minimum atomic E-state index is -0.230. The van der Waals surface area contributed by atoms with E-state index in [-0.39, 0.29) is 11.9 Å². The molecule has 6 heteroatoms. The van der Waals surface area contributed by atoms with E-state index >= 15 is 0 Å². The Morgan fingerprint density at radius 3 is 2.89 bits per heavy atom. The first-order valence-electron chi connectivity index (χ1n) is 5.66. The van der Waals surface area contributed by atoms with Crippen molar-refractivity contribution in [1.29, 1.82) is 0 Å². The van der Waals surface area contributed by atoms with Crippen LogP contribution in [-0.4, -0.2) is 7.11 Å². The van der Waals surface area contributed by atoms with Gasteiger partial charge in [0.25, 0.3) is 0 Å². The second kappa shape index (κ2) is 6.47. The van der Waals surface area contributed by atoms with E-state index in [1.54, 1.807) is 19.2 Å². The quantitative estimate of drug-likeness (QED) is 0.645. The van der Waals surface area contributed by atoms with Crippen LogP contribution in [0.15, 0.2) is 34.1 Å². The van der Waals surface area contributed by atoms with Crippen LogP contribution in [0.2, 0.25) is 0 Å². The van der Waals surface area contributed by atoms with Crippen LogP contribution in [0, 0.1) is 5.82 Å². The Kier molecular flexibility index (Phi) is 4.93. The number of rotatable bonds is 5. The zero-order valence-electron chi connectivity index (χ0n) is 10.3. The van der Waals surface area contributed by atoms with E-state index < -0.39 is 0 Å². The van der Waals surface area contributed by atoms with Crippen molar-refractivity contribution in [2.45, 2.75) is 12.5 Å². The highest BCUT2D eigenvalue weighted by molar-refractivity contribution is 9.10. The van der Waals surface area contributed by atoms with Crippen LogP contribution < -0.4 is 16.0 Å². The Balaban J connectivity index is 2.21. The largest absolute Gasteiger partial charge is 0.496 e. The number of ether oxygens (including phenoxy) is 1. The lowest BCUT2D eigenvalue weighted by molar-refractivity contribution is 0.415. The fourth-order valence-electron chi connectivity index (χ4n) is 1.79. The van der Waals surface area contributed by atoms with Crippen molar-refractivity contribution in [3.8, 4) is 5.75 Å². The molecule has 19 heavy (non-hydrogen) atoms. The molecule has 0 saturated heterocycles. The fraction of sp³-hybridized carbons (Fsp3) is 0.231. The molecule has 1 aromatic heterocycles. The lowest BCUT2D eigenvalue weighted by atomic mass is 10.0. The molecule has 3 nitrogen and oxygen atoms in total. The van der Waals surface area contributed by atoms with Gasteiger partial charge in [-0.1, -0.05) is 15.9 Å². The topological polar surface area (TPSA) is 47.3 Å². The zero-order valence-corrected chi connectivity index (χ0v) is 12.7. The van der Waals surface area contributed by atoms with E-state index in [4.69, 9.17) is 10.6 Å². The first kappa shape index (κ1) is 14.5. The molecule has 1 heterocycles. The van der Waals surface area contributed by atoms with E-state index in [1.165, 1.54) is 17.4 Å². The van der Waals surface area contributed by atoms with E-state index in [1.807, 2.05) is 11.4 Å². The number of nitrogens with two attached hydrogens (primary N) is 1. The maximum Gasteiger partial charge on any atom is 0.129 e. The van der Waals surface area contributed by atoms with Crippen molar-refractivity contribution in [2.75, 3.05) is 7.11 Å². The molecular weight excluding hydrogens is 331 g/mol. The summed E-state index contributed by atoms with van der Waals surface area (Å²) in [7, 11) is 1.62. The van der Waals surface area contributed by atoms with E-state index in [2.05, 4.69) is 21.4 Å². The van der Waals surface area contributed by atoms with Crippen LogP contribution in [0.25, 0.3) is 0 Å². The first-order valence-corrected chi connectivity index (χ1v) is 7.33. The highest BCUT2D eigenvalue weighted by Crippen LogP contribution is 2.29. The highest BCUT2D eigenvalue weighted by Gasteiger charge is 2.16. The lowest BCUT2D eigenvalue weighted by Crippen LogP contribution is -2.29. The molecule has 0 bridgehead atoms. The number of hydrogen-bond donors (Lipinski definition) is 2. The fourth-order valence-corrected chi connectivity index (χ4v) is 3.11. The molecule has 2 rings (SSSR count). The predicted molar refractivity (Wildman–Crippen MR) is 78.7 cm³/mol. The summed E-state index contributed by atoms with van der Waals surface area (Å²) in [6, 6.07) is 6.66. The second-order valence-corrected chi connectivity index (χ2v) is 5.91. The Bertz CT molecular complexity index is 561. The van der Waals surface area contributed by atoms with E-state index in [0.29, 0.717) is 12.0 Å². The van der Waals surface area contributed by atoms with Crippen molar-refractivity contribution < 1.29 is 9.13 Å². The second-order valence-electron chi connectivity index (χ2n) is 4.05. The van der Waals surface area contributed by atoms with Crippen LogP contribution >= 0.6 is 27.3 Å². The summed E-state index contributed by atoms with van der Waals surface area (Å²) in [4.78, 5) is 1.01. The lowest BCUT2D eigenvalue weighted by Gasteiger charge is -2.14. The number of benzene rings is 1. The molecule has 1 atom stereocenters. The molecule has 0 spiro atoms. The molecule has 0 aliphatic heterocycles. The van der Waals surface area contributed by atoms with Gasteiger partial charge in [-0.15, -0.1) is 11.3 Å². The molecule has 102 valence electrons. The minimum Gasteiger partial charge on any atom is -0.496 e. The van der Waals surface area contributed by atoms with Gasteiger partial charge in [0.15, 0.2) is 0 Å². The Hall–Kier alpha value is -0.950. The van der Waals surface area contributed by atoms with Gasteiger partial charge < -0.3 is 4.74 Å². The summed E-state index contributed by atoms with van der Waals surface area (Å²) in [5, 5.41) is 1.90. The van der Waals surface area contributed by atoms with Gasteiger partial charge in [0.2, 0.25) is 0 Å². The van der Waals surface area contributed by atoms with Crippen molar-refractivity contribution in [2.24, 2.45) is 5.84 Å². The van der Waals surface area contributed by atoms with Gasteiger partial charge in [-0.3, -0.25) is 11.3 Å². The van der Waals surface area contributed by atoms with Gasteiger partial charge in [-0.2, -0.15) is 0 Å². The molecule has 1 unspecified atom stereocenters. The Labute approximate surface area is 123 Å². The van der Waals surface area contributed by atoms with Crippen LogP contribution in [0.1, 0.15) is 16.5 Å². The first-order chi connectivity index (χ1) is 9.13. The highest BCUT2D eigenvalue weighted by atomic mass is 79.9. The summed E-state index contributed by atoms with van der Waals surface area (Å²) in [6.45, 7) is 0. The third kappa shape index (κ3) is 3.54. The molecule has 0 aliphatic carbocycles. The predicted octanol–water partition coefficient (Wildman–Crippen LogP) is 3.41. The van der Waals surface area contributed by atoms with Crippen molar-refractivity contribution in [1.82, 2.24) is 5.43 Å². The number of thiophene rings is 1. The average Bonchev–Trinajstić information content (AvgIpc) is 2.88. The van der Waals surface area contributed by atoms with Gasteiger partial charge in [-0.25, -0.2) is 4.39 Å². The molecule has 0 saturated carbocycles. The van der Waals surface area contributed by atoms with Gasteiger partial charge in [-0.05, 0) is 36.2 Å². The molecular formula is C13H14BrFN2OS. The molecule has 1 aromatic carbocycles. The van der Waals surface area contributed by atoms with Gasteiger partial charge >= 0.3 is 0 Å². The van der Waals surface area contributed by atoms with Crippen molar-refractivity contribution in [3.05, 3.63) is 50.4 Å². The molecule has 2 aromatic rings. The zero-order chi connectivity index (χ0) is 13.8. The minimum absolute atomic E-state index is 0.141. The van der Waals surface area contributed by atoms with Crippen LogP contribution in [-0.2, 0) is 6.42 Å².